The predicted octanol–water partition coefficient (Wildman–Crippen LogP) is 3.30. The van der Waals surface area contributed by atoms with Crippen molar-refractivity contribution in [2.24, 2.45) is 0 Å². The van der Waals surface area contributed by atoms with Crippen molar-refractivity contribution in [2.75, 3.05) is 0 Å². The number of rotatable bonds is 6. The molecule has 20 heavy (non-hydrogen) atoms. The van der Waals surface area contributed by atoms with E-state index in [1.54, 1.807) is 0 Å². The molecule has 0 amide bonds. The molecule has 0 aliphatic heterocycles. The summed E-state index contributed by atoms with van der Waals surface area (Å²) in [5.74, 6) is 0. The first-order valence-corrected chi connectivity index (χ1v) is 7.42. The standard InChI is InChI=1S/C17H25N3/c1-5-17-16(10-18-13(2)3)11-19-20(17)12-15-8-6-7-14(4)9-15/h6-9,11,13,18H,5,10,12H2,1-4H3. The average molecular weight is 271 g/mol. The largest absolute Gasteiger partial charge is 0.310 e. The van der Waals surface area contributed by atoms with Gasteiger partial charge in [0.25, 0.3) is 0 Å². The first-order valence-electron chi connectivity index (χ1n) is 7.42. The molecule has 108 valence electrons. The molecule has 3 heteroatoms. The van der Waals surface area contributed by atoms with Crippen LogP contribution in [0.2, 0.25) is 0 Å². The molecule has 2 aromatic rings. The van der Waals surface area contributed by atoms with Crippen LogP contribution < -0.4 is 5.32 Å². The van der Waals surface area contributed by atoms with Gasteiger partial charge in [-0.05, 0) is 18.9 Å². The fraction of sp³-hybridized carbons (Fsp3) is 0.471. The summed E-state index contributed by atoms with van der Waals surface area (Å²) in [7, 11) is 0. The Hall–Kier alpha value is -1.61. The molecule has 1 aromatic carbocycles. The summed E-state index contributed by atoms with van der Waals surface area (Å²) < 4.78 is 2.13. The lowest BCUT2D eigenvalue weighted by Crippen LogP contribution is -2.22. The highest BCUT2D eigenvalue weighted by Crippen LogP contribution is 2.13. The van der Waals surface area contributed by atoms with Crippen molar-refractivity contribution in [3.63, 3.8) is 0 Å². The summed E-state index contributed by atoms with van der Waals surface area (Å²) >= 11 is 0. The lowest BCUT2D eigenvalue weighted by molar-refractivity contribution is 0.582. The normalized spacial score (nSPS) is 11.2. The summed E-state index contributed by atoms with van der Waals surface area (Å²) in [6.07, 6.45) is 3.02. The maximum atomic E-state index is 4.57. The minimum Gasteiger partial charge on any atom is -0.310 e. The zero-order chi connectivity index (χ0) is 14.5. The van der Waals surface area contributed by atoms with Crippen LogP contribution in [0, 0.1) is 6.92 Å². The maximum Gasteiger partial charge on any atom is 0.0662 e. The second-order valence-electron chi connectivity index (χ2n) is 5.65. The van der Waals surface area contributed by atoms with E-state index in [0.29, 0.717) is 6.04 Å². The Balaban J connectivity index is 2.16. The number of benzene rings is 1. The van der Waals surface area contributed by atoms with Crippen LogP contribution in [-0.4, -0.2) is 15.8 Å². The van der Waals surface area contributed by atoms with E-state index in [1.165, 1.54) is 22.4 Å². The Morgan fingerprint density at radius 3 is 2.75 bits per heavy atom. The van der Waals surface area contributed by atoms with Gasteiger partial charge < -0.3 is 5.32 Å². The summed E-state index contributed by atoms with van der Waals surface area (Å²) in [6.45, 7) is 10.4. The third kappa shape index (κ3) is 3.70. The molecule has 3 nitrogen and oxygen atoms in total. The number of aryl methyl sites for hydroxylation is 1. The molecule has 1 heterocycles. The third-order valence-corrected chi connectivity index (χ3v) is 3.49. The average Bonchev–Trinajstić information content (AvgIpc) is 2.78. The molecule has 0 bridgehead atoms. The van der Waals surface area contributed by atoms with Crippen molar-refractivity contribution >= 4 is 0 Å². The summed E-state index contributed by atoms with van der Waals surface area (Å²) in [4.78, 5) is 0. The van der Waals surface area contributed by atoms with Gasteiger partial charge in [-0.25, -0.2) is 0 Å². The molecule has 0 saturated heterocycles. The predicted molar refractivity (Wildman–Crippen MR) is 83.9 cm³/mol. The Kier molecular flexibility index (Phi) is 4.96. The number of hydrogen-bond donors (Lipinski definition) is 1. The molecule has 0 saturated carbocycles. The second-order valence-corrected chi connectivity index (χ2v) is 5.65. The van der Waals surface area contributed by atoms with Gasteiger partial charge in [0.05, 0.1) is 12.7 Å². The first-order chi connectivity index (χ1) is 9.60. The van der Waals surface area contributed by atoms with Crippen LogP contribution in [0.15, 0.2) is 30.5 Å². The molecule has 0 fully saturated rings. The number of nitrogens with zero attached hydrogens (tertiary/aromatic N) is 2. The van der Waals surface area contributed by atoms with E-state index < -0.39 is 0 Å². The maximum absolute atomic E-state index is 4.57. The van der Waals surface area contributed by atoms with Crippen LogP contribution in [0.3, 0.4) is 0 Å². The molecule has 0 unspecified atom stereocenters. The Labute approximate surface area is 122 Å². The van der Waals surface area contributed by atoms with Crippen LogP contribution in [0.1, 0.15) is 43.2 Å². The van der Waals surface area contributed by atoms with Crippen molar-refractivity contribution in [3.8, 4) is 0 Å². The number of hydrogen-bond acceptors (Lipinski definition) is 2. The first kappa shape index (κ1) is 14.8. The van der Waals surface area contributed by atoms with Crippen LogP contribution in [0.4, 0.5) is 0 Å². The van der Waals surface area contributed by atoms with Gasteiger partial charge in [-0.2, -0.15) is 5.10 Å². The monoisotopic (exact) mass is 271 g/mol. The number of aromatic nitrogens is 2. The van der Waals surface area contributed by atoms with Gasteiger partial charge in [-0.15, -0.1) is 0 Å². The third-order valence-electron chi connectivity index (χ3n) is 3.49. The van der Waals surface area contributed by atoms with Gasteiger partial charge in [0, 0.05) is 23.8 Å². The van der Waals surface area contributed by atoms with Crippen LogP contribution >= 0.6 is 0 Å². The number of nitrogens with one attached hydrogen (secondary N) is 1. The smallest absolute Gasteiger partial charge is 0.0662 e. The van der Waals surface area contributed by atoms with E-state index in [0.717, 1.165) is 19.5 Å². The van der Waals surface area contributed by atoms with Crippen LogP contribution in [0.5, 0.6) is 0 Å². The van der Waals surface area contributed by atoms with Crippen molar-refractivity contribution in [3.05, 3.63) is 52.8 Å². The fourth-order valence-electron chi connectivity index (χ4n) is 2.44. The summed E-state index contributed by atoms with van der Waals surface area (Å²) in [5, 5.41) is 8.04. The van der Waals surface area contributed by atoms with E-state index in [-0.39, 0.29) is 0 Å². The van der Waals surface area contributed by atoms with E-state index in [1.807, 2.05) is 6.20 Å². The zero-order valence-corrected chi connectivity index (χ0v) is 13.0. The highest BCUT2D eigenvalue weighted by Gasteiger charge is 2.09. The fourth-order valence-corrected chi connectivity index (χ4v) is 2.44. The van der Waals surface area contributed by atoms with Crippen molar-refractivity contribution < 1.29 is 0 Å². The molecular formula is C17H25N3. The van der Waals surface area contributed by atoms with Crippen LogP contribution in [-0.2, 0) is 19.5 Å². The molecule has 0 radical (unpaired) electrons. The van der Waals surface area contributed by atoms with E-state index >= 15 is 0 Å². The topological polar surface area (TPSA) is 29.9 Å². The molecule has 0 aliphatic carbocycles. The molecular weight excluding hydrogens is 246 g/mol. The van der Waals surface area contributed by atoms with Gasteiger partial charge in [0.2, 0.25) is 0 Å². The molecule has 0 aliphatic rings. The Morgan fingerprint density at radius 2 is 2.10 bits per heavy atom. The van der Waals surface area contributed by atoms with Gasteiger partial charge in [-0.1, -0.05) is 50.6 Å². The lowest BCUT2D eigenvalue weighted by atomic mass is 10.1. The van der Waals surface area contributed by atoms with E-state index in [2.05, 4.69) is 67.1 Å². The van der Waals surface area contributed by atoms with Gasteiger partial charge in [0.1, 0.15) is 0 Å². The lowest BCUT2D eigenvalue weighted by Gasteiger charge is -2.10. The van der Waals surface area contributed by atoms with E-state index in [4.69, 9.17) is 0 Å². The Morgan fingerprint density at radius 1 is 1.30 bits per heavy atom. The highest BCUT2D eigenvalue weighted by atomic mass is 15.3. The SMILES string of the molecule is CCc1c(CNC(C)C)cnn1Cc1cccc(C)c1. The van der Waals surface area contributed by atoms with Gasteiger partial charge >= 0.3 is 0 Å². The van der Waals surface area contributed by atoms with Crippen molar-refractivity contribution in [2.45, 2.75) is 53.2 Å². The Bertz CT molecular complexity index is 555. The minimum absolute atomic E-state index is 0.500. The van der Waals surface area contributed by atoms with Gasteiger partial charge in [0.15, 0.2) is 0 Å². The molecule has 0 atom stereocenters. The van der Waals surface area contributed by atoms with Crippen molar-refractivity contribution in [1.82, 2.24) is 15.1 Å². The molecule has 1 aromatic heterocycles. The summed E-state index contributed by atoms with van der Waals surface area (Å²) in [5.41, 5.74) is 5.26. The van der Waals surface area contributed by atoms with Gasteiger partial charge in [-0.3, -0.25) is 4.68 Å². The zero-order valence-electron chi connectivity index (χ0n) is 13.0. The van der Waals surface area contributed by atoms with Crippen LogP contribution in [0.25, 0.3) is 0 Å². The highest BCUT2D eigenvalue weighted by molar-refractivity contribution is 5.24. The molecule has 0 spiro atoms. The second kappa shape index (κ2) is 6.71. The van der Waals surface area contributed by atoms with Crippen molar-refractivity contribution in [1.29, 1.82) is 0 Å². The van der Waals surface area contributed by atoms with E-state index in [9.17, 15) is 0 Å². The molecule has 2 rings (SSSR count). The summed E-state index contributed by atoms with van der Waals surface area (Å²) in [6, 6.07) is 9.14. The minimum atomic E-state index is 0.500. The quantitative estimate of drug-likeness (QED) is 0.873. The molecule has 1 N–H and O–H groups in total.